The molecule has 0 aliphatic carbocycles. The van der Waals surface area contributed by atoms with Gasteiger partial charge in [0.1, 0.15) is 0 Å². The van der Waals surface area contributed by atoms with E-state index in [1.54, 1.807) is 0 Å². The first-order valence-electron chi connectivity index (χ1n) is 6.14. The molecule has 1 fully saturated rings. The Morgan fingerprint density at radius 3 is 2.65 bits per heavy atom. The zero-order valence-corrected chi connectivity index (χ0v) is 9.89. The first-order valence-corrected chi connectivity index (χ1v) is 6.14. The molecule has 0 spiro atoms. The number of rotatable bonds is 2. The van der Waals surface area contributed by atoms with Crippen LogP contribution in [-0.4, -0.2) is 23.3 Å². The maximum absolute atomic E-state index is 12.0. The van der Waals surface area contributed by atoms with Crippen LogP contribution in [0.3, 0.4) is 0 Å². The second kappa shape index (κ2) is 5.62. The van der Waals surface area contributed by atoms with Gasteiger partial charge in [0.05, 0.1) is 6.42 Å². The summed E-state index contributed by atoms with van der Waals surface area (Å²) in [6.45, 7) is 0.588. The fourth-order valence-corrected chi connectivity index (χ4v) is 2.11. The van der Waals surface area contributed by atoms with Crippen LogP contribution >= 0.6 is 0 Å². The molecule has 1 aromatic carbocycles. The number of amides is 2. The average molecular weight is 231 g/mol. The molecule has 0 saturated carbocycles. The lowest BCUT2D eigenvalue weighted by atomic mass is 10.1. The Bertz CT molecular complexity index is 400. The average Bonchev–Trinajstić information content (AvgIpc) is 2.55. The maximum Gasteiger partial charge on any atom is 0.233 e. The quantitative estimate of drug-likeness (QED) is 0.782. The molecule has 0 atom stereocenters. The van der Waals surface area contributed by atoms with Crippen LogP contribution in [0.25, 0.3) is 0 Å². The van der Waals surface area contributed by atoms with Gasteiger partial charge in [0.25, 0.3) is 0 Å². The summed E-state index contributed by atoms with van der Waals surface area (Å²) in [5.74, 6) is -0.0773. The molecule has 3 nitrogen and oxygen atoms in total. The Morgan fingerprint density at radius 2 is 1.88 bits per heavy atom. The highest BCUT2D eigenvalue weighted by molar-refractivity contribution is 5.96. The number of hydrogen-bond donors (Lipinski definition) is 0. The monoisotopic (exact) mass is 231 g/mol. The summed E-state index contributed by atoms with van der Waals surface area (Å²) in [6, 6.07) is 9.57. The van der Waals surface area contributed by atoms with Gasteiger partial charge in [0.15, 0.2) is 0 Å². The zero-order chi connectivity index (χ0) is 12.1. The van der Waals surface area contributed by atoms with E-state index >= 15 is 0 Å². The van der Waals surface area contributed by atoms with Crippen molar-refractivity contribution in [2.24, 2.45) is 0 Å². The fraction of sp³-hybridized carbons (Fsp3) is 0.429. The van der Waals surface area contributed by atoms with E-state index in [0.717, 1.165) is 24.8 Å². The normalized spacial score (nSPS) is 16.7. The van der Waals surface area contributed by atoms with Crippen LogP contribution in [0.15, 0.2) is 30.3 Å². The number of nitrogens with zero attached hydrogens (tertiary/aromatic N) is 1. The van der Waals surface area contributed by atoms with Crippen molar-refractivity contribution >= 4 is 11.8 Å². The van der Waals surface area contributed by atoms with Gasteiger partial charge in [-0.2, -0.15) is 0 Å². The van der Waals surface area contributed by atoms with E-state index in [-0.39, 0.29) is 11.8 Å². The van der Waals surface area contributed by atoms with Crippen LogP contribution in [0.2, 0.25) is 0 Å². The Balaban J connectivity index is 2.01. The van der Waals surface area contributed by atoms with Gasteiger partial charge in [-0.1, -0.05) is 36.8 Å². The summed E-state index contributed by atoms with van der Waals surface area (Å²) in [4.78, 5) is 25.2. The minimum Gasteiger partial charge on any atom is -0.282 e. The molecule has 2 amide bonds. The van der Waals surface area contributed by atoms with Crippen LogP contribution in [0, 0.1) is 0 Å². The Hall–Kier alpha value is -1.64. The number of benzene rings is 1. The molecule has 1 heterocycles. The number of carbonyl (C=O) groups excluding carboxylic acids is 2. The van der Waals surface area contributed by atoms with E-state index in [1.807, 2.05) is 30.3 Å². The summed E-state index contributed by atoms with van der Waals surface area (Å²) < 4.78 is 0. The SMILES string of the molecule is O=C1CCCCCN1C(=O)Cc1ccccc1. The van der Waals surface area contributed by atoms with Crippen LogP contribution < -0.4 is 0 Å². The molecule has 1 aromatic rings. The minimum atomic E-state index is -0.0666. The van der Waals surface area contributed by atoms with E-state index < -0.39 is 0 Å². The summed E-state index contributed by atoms with van der Waals surface area (Å²) in [5.41, 5.74) is 0.967. The van der Waals surface area contributed by atoms with Gasteiger partial charge in [-0.3, -0.25) is 14.5 Å². The molecule has 2 rings (SSSR count). The zero-order valence-electron chi connectivity index (χ0n) is 9.89. The van der Waals surface area contributed by atoms with Gasteiger partial charge >= 0.3 is 0 Å². The molecule has 1 aliphatic rings. The first kappa shape index (κ1) is 11.8. The maximum atomic E-state index is 12.0. The Morgan fingerprint density at radius 1 is 1.12 bits per heavy atom. The Labute approximate surface area is 101 Å². The second-order valence-electron chi connectivity index (χ2n) is 4.41. The van der Waals surface area contributed by atoms with E-state index in [9.17, 15) is 9.59 Å². The predicted molar refractivity (Wildman–Crippen MR) is 65.3 cm³/mol. The minimum absolute atomic E-state index is 0.0107. The number of likely N-dealkylation sites (tertiary alicyclic amines) is 1. The molecular weight excluding hydrogens is 214 g/mol. The lowest BCUT2D eigenvalue weighted by Crippen LogP contribution is -2.37. The van der Waals surface area contributed by atoms with Crippen molar-refractivity contribution in [1.29, 1.82) is 0 Å². The van der Waals surface area contributed by atoms with Gasteiger partial charge in [-0.15, -0.1) is 0 Å². The molecule has 0 bridgehead atoms. The highest BCUT2D eigenvalue weighted by Crippen LogP contribution is 2.13. The van der Waals surface area contributed by atoms with Gasteiger partial charge in [-0.25, -0.2) is 0 Å². The highest BCUT2D eigenvalue weighted by atomic mass is 16.2. The molecule has 90 valence electrons. The smallest absolute Gasteiger partial charge is 0.233 e. The van der Waals surface area contributed by atoms with Gasteiger partial charge in [0, 0.05) is 13.0 Å². The molecule has 1 saturated heterocycles. The summed E-state index contributed by atoms with van der Waals surface area (Å²) in [6.07, 6.45) is 3.73. The molecule has 0 aromatic heterocycles. The van der Waals surface area contributed by atoms with E-state index in [4.69, 9.17) is 0 Å². The van der Waals surface area contributed by atoms with Crippen LogP contribution in [0.5, 0.6) is 0 Å². The van der Waals surface area contributed by atoms with Crippen LogP contribution in [-0.2, 0) is 16.0 Å². The van der Waals surface area contributed by atoms with E-state index in [1.165, 1.54) is 4.90 Å². The summed E-state index contributed by atoms with van der Waals surface area (Å²) >= 11 is 0. The molecule has 0 unspecified atom stereocenters. The number of hydrogen-bond acceptors (Lipinski definition) is 2. The lowest BCUT2D eigenvalue weighted by Gasteiger charge is -2.18. The number of carbonyl (C=O) groups is 2. The van der Waals surface area contributed by atoms with Gasteiger partial charge in [-0.05, 0) is 18.4 Å². The predicted octanol–water partition coefficient (Wildman–Crippen LogP) is 2.16. The van der Waals surface area contributed by atoms with Crippen molar-refractivity contribution in [3.63, 3.8) is 0 Å². The highest BCUT2D eigenvalue weighted by Gasteiger charge is 2.22. The van der Waals surface area contributed by atoms with Crippen molar-refractivity contribution in [1.82, 2.24) is 4.90 Å². The Kier molecular flexibility index (Phi) is 3.91. The van der Waals surface area contributed by atoms with Crippen molar-refractivity contribution < 1.29 is 9.59 Å². The molecule has 0 N–H and O–H groups in total. The van der Waals surface area contributed by atoms with Crippen molar-refractivity contribution in [2.75, 3.05) is 6.54 Å². The largest absolute Gasteiger partial charge is 0.282 e. The van der Waals surface area contributed by atoms with Gasteiger partial charge < -0.3 is 0 Å². The second-order valence-corrected chi connectivity index (χ2v) is 4.41. The van der Waals surface area contributed by atoms with Crippen molar-refractivity contribution in [3.05, 3.63) is 35.9 Å². The summed E-state index contributed by atoms with van der Waals surface area (Å²) in [5, 5.41) is 0. The van der Waals surface area contributed by atoms with E-state index in [2.05, 4.69) is 0 Å². The van der Waals surface area contributed by atoms with Crippen LogP contribution in [0.4, 0.5) is 0 Å². The molecule has 0 radical (unpaired) electrons. The molecule has 1 aliphatic heterocycles. The summed E-state index contributed by atoms with van der Waals surface area (Å²) in [7, 11) is 0. The van der Waals surface area contributed by atoms with E-state index in [0.29, 0.717) is 19.4 Å². The fourth-order valence-electron chi connectivity index (χ4n) is 2.11. The first-order chi connectivity index (χ1) is 8.27. The third-order valence-electron chi connectivity index (χ3n) is 3.07. The van der Waals surface area contributed by atoms with Gasteiger partial charge in [0.2, 0.25) is 11.8 Å². The lowest BCUT2D eigenvalue weighted by molar-refractivity contribution is -0.143. The third-order valence-corrected chi connectivity index (χ3v) is 3.07. The standard InChI is InChI=1S/C14H17NO2/c16-13-9-5-2-6-10-15(13)14(17)11-12-7-3-1-4-8-12/h1,3-4,7-8H,2,5-6,9-11H2. The number of imide groups is 1. The van der Waals surface area contributed by atoms with Crippen LogP contribution in [0.1, 0.15) is 31.2 Å². The van der Waals surface area contributed by atoms with Crippen molar-refractivity contribution in [3.8, 4) is 0 Å². The topological polar surface area (TPSA) is 37.4 Å². The molecule has 17 heavy (non-hydrogen) atoms. The molecular formula is C14H17NO2. The molecule has 3 heteroatoms. The van der Waals surface area contributed by atoms with Crippen molar-refractivity contribution in [2.45, 2.75) is 32.1 Å². The third kappa shape index (κ3) is 3.16.